The van der Waals surface area contributed by atoms with E-state index in [0.717, 1.165) is 30.6 Å². The van der Waals surface area contributed by atoms with Crippen LogP contribution in [0.5, 0.6) is 5.75 Å². The maximum atomic E-state index is 12.8. The van der Waals surface area contributed by atoms with E-state index in [0.29, 0.717) is 24.4 Å². The van der Waals surface area contributed by atoms with Crippen LogP contribution in [0.4, 0.5) is 0 Å². The number of nitrogens with zero attached hydrogens (tertiary/aromatic N) is 1. The van der Waals surface area contributed by atoms with Gasteiger partial charge in [0.25, 0.3) is 0 Å². The molecule has 3 rings (SSSR count). The van der Waals surface area contributed by atoms with Gasteiger partial charge >= 0.3 is 0 Å². The zero-order valence-electron chi connectivity index (χ0n) is 12.3. The van der Waals surface area contributed by atoms with E-state index in [1.54, 1.807) is 22.5 Å². The lowest BCUT2D eigenvalue weighted by Gasteiger charge is -2.32. The molecule has 0 spiro atoms. The van der Waals surface area contributed by atoms with Crippen LogP contribution in [0.3, 0.4) is 0 Å². The number of hydrogen-bond acceptors (Lipinski definition) is 4. The summed E-state index contributed by atoms with van der Waals surface area (Å²) in [7, 11) is -3.41. The molecule has 116 valence electrons. The average Bonchev–Trinajstić information content (AvgIpc) is 2.89. The summed E-state index contributed by atoms with van der Waals surface area (Å²) in [6, 6.07) is 5.23. The standard InChI is InChI=1S/C15H22N2O3S/c1-11-4-2-3-7-17(11)21(18,19)14-5-6-15-12(9-14)8-13(10-16)20-15/h5-6,9,11,13H,2-4,7-8,10,16H2,1H3. The topological polar surface area (TPSA) is 72.6 Å². The summed E-state index contributed by atoms with van der Waals surface area (Å²) in [5.74, 6) is 0.760. The van der Waals surface area contributed by atoms with Gasteiger partial charge in [-0.2, -0.15) is 4.31 Å². The number of ether oxygens (including phenoxy) is 1. The third kappa shape index (κ3) is 2.67. The first-order chi connectivity index (χ1) is 10.0. The largest absolute Gasteiger partial charge is 0.488 e. The van der Waals surface area contributed by atoms with Gasteiger partial charge < -0.3 is 10.5 Å². The van der Waals surface area contributed by atoms with E-state index in [9.17, 15) is 8.42 Å². The van der Waals surface area contributed by atoms with Gasteiger partial charge in [-0.05, 0) is 43.5 Å². The smallest absolute Gasteiger partial charge is 0.243 e. The van der Waals surface area contributed by atoms with Gasteiger partial charge in [0.15, 0.2) is 0 Å². The molecule has 1 aromatic carbocycles. The molecular weight excluding hydrogens is 288 g/mol. The summed E-state index contributed by atoms with van der Waals surface area (Å²) in [5, 5.41) is 0. The quantitative estimate of drug-likeness (QED) is 0.918. The molecule has 1 saturated heterocycles. The van der Waals surface area contributed by atoms with Crippen molar-refractivity contribution in [1.82, 2.24) is 4.31 Å². The number of benzene rings is 1. The Kier molecular flexibility index (Phi) is 3.94. The van der Waals surface area contributed by atoms with Crippen molar-refractivity contribution in [3.63, 3.8) is 0 Å². The second-order valence-corrected chi connectivity index (χ2v) is 7.80. The zero-order valence-corrected chi connectivity index (χ0v) is 13.1. The van der Waals surface area contributed by atoms with Crippen molar-refractivity contribution in [2.24, 2.45) is 5.73 Å². The van der Waals surface area contributed by atoms with Crippen molar-refractivity contribution in [3.8, 4) is 5.75 Å². The van der Waals surface area contributed by atoms with Crippen molar-refractivity contribution in [2.75, 3.05) is 13.1 Å². The molecule has 2 aliphatic rings. The molecule has 2 N–H and O–H groups in total. The van der Waals surface area contributed by atoms with Crippen molar-refractivity contribution < 1.29 is 13.2 Å². The minimum absolute atomic E-state index is 0.0353. The molecule has 2 aliphatic heterocycles. The lowest BCUT2D eigenvalue weighted by atomic mass is 10.1. The van der Waals surface area contributed by atoms with Gasteiger partial charge in [0.05, 0.1) is 4.90 Å². The third-order valence-corrected chi connectivity index (χ3v) is 6.39. The van der Waals surface area contributed by atoms with E-state index in [2.05, 4.69) is 0 Å². The highest BCUT2D eigenvalue weighted by atomic mass is 32.2. The predicted molar refractivity (Wildman–Crippen MR) is 80.8 cm³/mol. The van der Waals surface area contributed by atoms with Crippen LogP contribution in [-0.4, -0.2) is 38.0 Å². The van der Waals surface area contributed by atoms with E-state index in [1.165, 1.54) is 0 Å². The van der Waals surface area contributed by atoms with Crippen LogP contribution in [0.2, 0.25) is 0 Å². The minimum atomic E-state index is -3.41. The minimum Gasteiger partial charge on any atom is -0.488 e. The van der Waals surface area contributed by atoms with Gasteiger partial charge in [0.2, 0.25) is 10.0 Å². The van der Waals surface area contributed by atoms with Crippen LogP contribution < -0.4 is 10.5 Å². The molecule has 1 fully saturated rings. The highest BCUT2D eigenvalue weighted by Crippen LogP contribution is 2.32. The molecule has 5 nitrogen and oxygen atoms in total. The van der Waals surface area contributed by atoms with Crippen LogP contribution >= 0.6 is 0 Å². The van der Waals surface area contributed by atoms with E-state index in [4.69, 9.17) is 10.5 Å². The summed E-state index contributed by atoms with van der Waals surface area (Å²) in [6.45, 7) is 3.04. The average molecular weight is 310 g/mol. The highest BCUT2D eigenvalue weighted by molar-refractivity contribution is 7.89. The molecule has 2 unspecified atom stereocenters. The third-order valence-electron chi connectivity index (χ3n) is 4.38. The second-order valence-electron chi connectivity index (χ2n) is 5.91. The van der Waals surface area contributed by atoms with Gasteiger partial charge in [-0.25, -0.2) is 8.42 Å². The molecule has 2 heterocycles. The van der Waals surface area contributed by atoms with Gasteiger partial charge in [-0.1, -0.05) is 6.42 Å². The maximum Gasteiger partial charge on any atom is 0.243 e. The first-order valence-corrected chi connectivity index (χ1v) is 8.98. The molecule has 0 bridgehead atoms. The fraction of sp³-hybridized carbons (Fsp3) is 0.600. The Labute approximate surface area is 126 Å². The van der Waals surface area contributed by atoms with Crippen LogP contribution in [0.15, 0.2) is 23.1 Å². The number of fused-ring (bicyclic) bond motifs is 1. The Hall–Kier alpha value is -1.11. The van der Waals surface area contributed by atoms with Crippen LogP contribution in [0.1, 0.15) is 31.7 Å². The van der Waals surface area contributed by atoms with E-state index >= 15 is 0 Å². The fourth-order valence-corrected chi connectivity index (χ4v) is 4.90. The maximum absolute atomic E-state index is 12.8. The monoisotopic (exact) mass is 310 g/mol. The molecule has 0 aliphatic carbocycles. The lowest BCUT2D eigenvalue weighted by molar-refractivity contribution is 0.241. The molecule has 21 heavy (non-hydrogen) atoms. The lowest BCUT2D eigenvalue weighted by Crippen LogP contribution is -2.41. The molecule has 2 atom stereocenters. The molecule has 0 saturated carbocycles. The Bertz CT molecular complexity index is 630. The molecule has 6 heteroatoms. The zero-order chi connectivity index (χ0) is 15.0. The Morgan fingerprint density at radius 3 is 2.90 bits per heavy atom. The molecule has 0 aromatic heterocycles. The molecule has 0 amide bonds. The van der Waals surface area contributed by atoms with Gasteiger partial charge in [0.1, 0.15) is 11.9 Å². The van der Waals surface area contributed by atoms with Crippen LogP contribution in [-0.2, 0) is 16.4 Å². The molecule has 0 radical (unpaired) electrons. The Morgan fingerprint density at radius 1 is 1.38 bits per heavy atom. The Morgan fingerprint density at radius 2 is 2.19 bits per heavy atom. The summed E-state index contributed by atoms with van der Waals surface area (Å²) < 4.78 is 32.9. The fourth-order valence-electron chi connectivity index (χ4n) is 3.15. The number of piperidine rings is 1. The van der Waals surface area contributed by atoms with Crippen molar-refractivity contribution in [2.45, 2.75) is 49.6 Å². The molecule has 1 aromatic rings. The van der Waals surface area contributed by atoms with E-state index in [-0.39, 0.29) is 12.1 Å². The van der Waals surface area contributed by atoms with Gasteiger partial charge in [-0.15, -0.1) is 0 Å². The summed E-state index contributed by atoms with van der Waals surface area (Å²) in [5.41, 5.74) is 6.56. The first-order valence-electron chi connectivity index (χ1n) is 7.54. The molecular formula is C15H22N2O3S. The number of rotatable bonds is 3. The van der Waals surface area contributed by atoms with E-state index in [1.807, 2.05) is 6.92 Å². The van der Waals surface area contributed by atoms with Gasteiger partial charge in [-0.3, -0.25) is 0 Å². The summed E-state index contributed by atoms with van der Waals surface area (Å²) >= 11 is 0. The predicted octanol–water partition coefficient (Wildman–Crippen LogP) is 1.51. The first kappa shape index (κ1) is 14.8. The Balaban J connectivity index is 1.90. The van der Waals surface area contributed by atoms with Crippen molar-refractivity contribution in [1.29, 1.82) is 0 Å². The number of hydrogen-bond donors (Lipinski definition) is 1. The van der Waals surface area contributed by atoms with E-state index < -0.39 is 10.0 Å². The normalized spacial score (nSPS) is 26.4. The summed E-state index contributed by atoms with van der Waals surface area (Å²) in [4.78, 5) is 0.372. The number of nitrogens with two attached hydrogens (primary N) is 1. The van der Waals surface area contributed by atoms with Crippen LogP contribution in [0.25, 0.3) is 0 Å². The highest BCUT2D eigenvalue weighted by Gasteiger charge is 2.32. The van der Waals surface area contributed by atoms with Gasteiger partial charge in [0, 0.05) is 25.6 Å². The van der Waals surface area contributed by atoms with Crippen molar-refractivity contribution in [3.05, 3.63) is 23.8 Å². The second kappa shape index (κ2) is 5.59. The van der Waals surface area contributed by atoms with Crippen molar-refractivity contribution >= 4 is 10.0 Å². The van der Waals surface area contributed by atoms with Crippen LogP contribution in [0, 0.1) is 0 Å². The number of sulfonamides is 1. The summed E-state index contributed by atoms with van der Waals surface area (Å²) in [6.07, 6.45) is 3.62. The SMILES string of the molecule is CC1CCCCN1S(=O)(=O)c1ccc2c(c1)CC(CN)O2.